The Balaban J connectivity index is 2.27. The molecule has 0 atom stereocenters. The lowest BCUT2D eigenvalue weighted by Gasteiger charge is -2.40. The van der Waals surface area contributed by atoms with Crippen LogP contribution in [-0.2, 0) is 9.47 Å². The summed E-state index contributed by atoms with van der Waals surface area (Å²) in [5.41, 5.74) is 0.291. The Hall–Kier alpha value is -0.500. The summed E-state index contributed by atoms with van der Waals surface area (Å²) in [6.07, 6.45) is 1.13. The Morgan fingerprint density at radius 3 is 2.55 bits per heavy atom. The lowest BCUT2D eigenvalue weighted by molar-refractivity contribution is -0.142. The van der Waals surface area contributed by atoms with Crippen LogP contribution in [0.3, 0.4) is 0 Å². The van der Waals surface area contributed by atoms with E-state index in [2.05, 4.69) is 13.5 Å². The first kappa shape index (κ1) is 8.60. The number of rotatable bonds is 4. The van der Waals surface area contributed by atoms with Crippen molar-refractivity contribution < 1.29 is 9.47 Å². The van der Waals surface area contributed by atoms with Crippen LogP contribution in [0.1, 0.15) is 20.3 Å². The standard InChI is InChI=1S/C9H16O2/c1-4-9(5-10-6-9)7-11-8(2)3/h2,4-7H2,1,3H3. The summed E-state index contributed by atoms with van der Waals surface area (Å²) in [5, 5.41) is 0. The van der Waals surface area contributed by atoms with Crippen molar-refractivity contribution in [3.05, 3.63) is 12.3 Å². The van der Waals surface area contributed by atoms with E-state index in [0.29, 0.717) is 5.41 Å². The SMILES string of the molecule is C=C(C)OCC1(CC)COC1. The summed E-state index contributed by atoms with van der Waals surface area (Å²) in [4.78, 5) is 0. The zero-order valence-corrected chi connectivity index (χ0v) is 7.35. The van der Waals surface area contributed by atoms with Crippen LogP contribution in [0.2, 0.25) is 0 Å². The van der Waals surface area contributed by atoms with E-state index in [4.69, 9.17) is 9.47 Å². The van der Waals surface area contributed by atoms with Crippen molar-refractivity contribution in [3.63, 3.8) is 0 Å². The zero-order valence-electron chi connectivity index (χ0n) is 7.35. The zero-order chi connectivity index (χ0) is 8.32. The molecule has 0 aromatic carbocycles. The van der Waals surface area contributed by atoms with Crippen LogP contribution >= 0.6 is 0 Å². The normalized spacial score (nSPS) is 20.5. The van der Waals surface area contributed by atoms with Gasteiger partial charge in [-0.05, 0) is 13.3 Å². The van der Waals surface area contributed by atoms with Crippen molar-refractivity contribution in [1.29, 1.82) is 0 Å². The third-order valence-corrected chi connectivity index (χ3v) is 2.19. The maximum Gasteiger partial charge on any atom is 0.0977 e. The van der Waals surface area contributed by atoms with Crippen molar-refractivity contribution in [2.75, 3.05) is 19.8 Å². The molecule has 64 valence electrons. The van der Waals surface area contributed by atoms with Gasteiger partial charge >= 0.3 is 0 Å². The van der Waals surface area contributed by atoms with E-state index in [1.54, 1.807) is 0 Å². The maximum atomic E-state index is 5.37. The molecule has 1 aliphatic heterocycles. The van der Waals surface area contributed by atoms with E-state index in [1.165, 1.54) is 0 Å². The molecule has 0 bridgehead atoms. The van der Waals surface area contributed by atoms with Crippen LogP contribution in [0.15, 0.2) is 12.3 Å². The van der Waals surface area contributed by atoms with Crippen LogP contribution in [-0.4, -0.2) is 19.8 Å². The van der Waals surface area contributed by atoms with E-state index in [0.717, 1.165) is 32.0 Å². The molecule has 2 heteroatoms. The minimum Gasteiger partial charge on any atom is -0.498 e. The first-order chi connectivity index (χ1) is 5.18. The van der Waals surface area contributed by atoms with Gasteiger partial charge in [-0.25, -0.2) is 0 Å². The van der Waals surface area contributed by atoms with Crippen molar-refractivity contribution in [3.8, 4) is 0 Å². The number of allylic oxidation sites excluding steroid dienone is 1. The first-order valence-corrected chi connectivity index (χ1v) is 4.05. The van der Waals surface area contributed by atoms with Gasteiger partial charge in [0.1, 0.15) is 0 Å². The fourth-order valence-corrected chi connectivity index (χ4v) is 1.06. The van der Waals surface area contributed by atoms with Gasteiger partial charge in [0.25, 0.3) is 0 Å². The topological polar surface area (TPSA) is 18.5 Å². The van der Waals surface area contributed by atoms with Gasteiger partial charge in [-0.1, -0.05) is 13.5 Å². The van der Waals surface area contributed by atoms with Gasteiger partial charge in [-0.15, -0.1) is 0 Å². The van der Waals surface area contributed by atoms with Gasteiger partial charge in [0.05, 0.1) is 31.0 Å². The summed E-state index contributed by atoms with van der Waals surface area (Å²) in [6.45, 7) is 10.2. The van der Waals surface area contributed by atoms with E-state index in [1.807, 2.05) is 6.92 Å². The number of hydrogen-bond acceptors (Lipinski definition) is 2. The van der Waals surface area contributed by atoms with Gasteiger partial charge in [-0.3, -0.25) is 0 Å². The molecule has 0 spiro atoms. The Kier molecular flexibility index (Phi) is 2.55. The third-order valence-electron chi connectivity index (χ3n) is 2.19. The third kappa shape index (κ3) is 1.96. The quantitative estimate of drug-likeness (QED) is 0.579. The predicted molar refractivity (Wildman–Crippen MR) is 44.3 cm³/mol. The van der Waals surface area contributed by atoms with E-state index in [-0.39, 0.29) is 0 Å². The van der Waals surface area contributed by atoms with Gasteiger partial charge in [0.2, 0.25) is 0 Å². The van der Waals surface area contributed by atoms with Crippen LogP contribution in [0.5, 0.6) is 0 Å². The van der Waals surface area contributed by atoms with Gasteiger partial charge < -0.3 is 9.47 Å². The minimum absolute atomic E-state index is 0.291. The number of hydrogen-bond donors (Lipinski definition) is 0. The molecule has 11 heavy (non-hydrogen) atoms. The lowest BCUT2D eigenvalue weighted by Crippen LogP contribution is -2.45. The molecule has 1 heterocycles. The molecule has 0 aromatic heterocycles. The smallest absolute Gasteiger partial charge is 0.0977 e. The molecule has 0 N–H and O–H groups in total. The molecule has 1 aliphatic rings. The molecule has 0 saturated carbocycles. The van der Waals surface area contributed by atoms with Crippen molar-refractivity contribution in [2.24, 2.45) is 5.41 Å². The highest BCUT2D eigenvalue weighted by Gasteiger charge is 2.37. The molecule has 0 unspecified atom stereocenters. The summed E-state index contributed by atoms with van der Waals surface area (Å²) in [6, 6.07) is 0. The second-order valence-corrected chi connectivity index (χ2v) is 3.34. The molecule has 1 rings (SSSR count). The predicted octanol–water partition coefficient (Wildman–Crippen LogP) is 1.96. The molecular weight excluding hydrogens is 140 g/mol. The van der Waals surface area contributed by atoms with Gasteiger partial charge in [0.15, 0.2) is 0 Å². The Bertz CT molecular complexity index is 142. The van der Waals surface area contributed by atoms with E-state index < -0.39 is 0 Å². The van der Waals surface area contributed by atoms with Crippen LogP contribution in [0.4, 0.5) is 0 Å². The second kappa shape index (κ2) is 3.26. The second-order valence-electron chi connectivity index (χ2n) is 3.34. The average molecular weight is 156 g/mol. The minimum atomic E-state index is 0.291. The Labute approximate surface area is 68.2 Å². The van der Waals surface area contributed by atoms with Gasteiger partial charge in [-0.2, -0.15) is 0 Å². The molecule has 1 fully saturated rings. The highest BCUT2D eigenvalue weighted by molar-refractivity contribution is 4.86. The van der Waals surface area contributed by atoms with E-state index >= 15 is 0 Å². The highest BCUT2D eigenvalue weighted by atomic mass is 16.5. The molecule has 0 amide bonds. The Morgan fingerprint density at radius 1 is 1.64 bits per heavy atom. The van der Waals surface area contributed by atoms with Crippen LogP contribution in [0, 0.1) is 5.41 Å². The van der Waals surface area contributed by atoms with E-state index in [9.17, 15) is 0 Å². The molecule has 1 saturated heterocycles. The first-order valence-electron chi connectivity index (χ1n) is 4.05. The molecule has 0 aliphatic carbocycles. The maximum absolute atomic E-state index is 5.37. The fraction of sp³-hybridized carbons (Fsp3) is 0.778. The summed E-state index contributed by atoms with van der Waals surface area (Å²) in [5.74, 6) is 0.796. The van der Waals surface area contributed by atoms with Crippen LogP contribution < -0.4 is 0 Å². The highest BCUT2D eigenvalue weighted by Crippen LogP contribution is 2.31. The Morgan fingerprint density at radius 2 is 2.27 bits per heavy atom. The van der Waals surface area contributed by atoms with Crippen molar-refractivity contribution >= 4 is 0 Å². The summed E-state index contributed by atoms with van der Waals surface area (Å²) in [7, 11) is 0. The lowest BCUT2D eigenvalue weighted by atomic mass is 9.84. The van der Waals surface area contributed by atoms with Crippen molar-refractivity contribution in [1.82, 2.24) is 0 Å². The molecule has 0 aromatic rings. The largest absolute Gasteiger partial charge is 0.498 e. The average Bonchev–Trinajstić information content (AvgIpc) is 1.86. The van der Waals surface area contributed by atoms with Gasteiger partial charge in [0, 0.05) is 0 Å². The molecule has 0 radical (unpaired) electrons. The summed E-state index contributed by atoms with van der Waals surface area (Å²) >= 11 is 0. The fourth-order valence-electron chi connectivity index (χ4n) is 1.06. The number of ether oxygens (including phenoxy) is 2. The summed E-state index contributed by atoms with van der Waals surface area (Å²) < 4.78 is 10.5. The van der Waals surface area contributed by atoms with Crippen LogP contribution in [0.25, 0.3) is 0 Å². The molecule has 2 nitrogen and oxygen atoms in total. The molecular formula is C9H16O2. The monoisotopic (exact) mass is 156 g/mol. The van der Waals surface area contributed by atoms with Crippen molar-refractivity contribution in [2.45, 2.75) is 20.3 Å².